The third-order valence-corrected chi connectivity index (χ3v) is 10.6. The molecule has 0 aromatic heterocycles. The molecule has 4 rings (SSSR count). The number of fused-ring (bicyclic) bond motifs is 5. The Labute approximate surface area is 166 Å². The first kappa shape index (κ1) is 19.9. The minimum Gasteiger partial charge on any atom is -0.393 e. The van der Waals surface area contributed by atoms with E-state index in [0.717, 1.165) is 24.5 Å². The second-order valence-electron chi connectivity index (χ2n) is 11.3. The van der Waals surface area contributed by atoms with Gasteiger partial charge in [0.2, 0.25) is 0 Å². The summed E-state index contributed by atoms with van der Waals surface area (Å²) in [7, 11) is 0. The first-order chi connectivity index (χ1) is 12.9. The number of carbonyl (C=O) groups is 1. The SMILES string of the molecule is CC[C@H]1[C@@H](O)[C@@H]2[C@H](CC[C@]3(C)[C@@H]([C@H](C)CC=O)CC[C@@H]23)[C@@]2(C)CCCC[C@@H]12. The van der Waals surface area contributed by atoms with E-state index in [0.29, 0.717) is 46.8 Å². The summed E-state index contributed by atoms with van der Waals surface area (Å²) in [5.74, 6) is 4.29. The minimum atomic E-state index is -0.0964. The molecular formula is C25H42O2. The van der Waals surface area contributed by atoms with E-state index >= 15 is 0 Å². The standard InChI is InChI=1S/C25H42O2/c1-5-17-19-8-6-7-13-24(19,3)21-11-14-25(4)18(16(2)12-15-26)9-10-20(25)22(21)23(17)27/h15-23,27H,5-14H2,1-4H3/t16-,17-,18-,19+,20+,21+,22+,23-,24+,25-/m1/s1. The van der Waals surface area contributed by atoms with Crippen molar-refractivity contribution in [3.8, 4) is 0 Å². The zero-order valence-electron chi connectivity index (χ0n) is 18.1. The largest absolute Gasteiger partial charge is 0.393 e. The maximum atomic E-state index is 11.7. The van der Waals surface area contributed by atoms with Crippen LogP contribution in [0.15, 0.2) is 0 Å². The molecule has 2 nitrogen and oxygen atoms in total. The molecule has 0 aromatic rings. The molecule has 4 aliphatic rings. The van der Waals surface area contributed by atoms with E-state index in [1.54, 1.807) is 0 Å². The lowest BCUT2D eigenvalue weighted by Gasteiger charge is -2.64. The fraction of sp³-hybridized carbons (Fsp3) is 0.960. The maximum Gasteiger partial charge on any atom is 0.120 e. The van der Waals surface area contributed by atoms with Crippen molar-refractivity contribution in [1.29, 1.82) is 0 Å². The highest BCUT2D eigenvalue weighted by atomic mass is 16.3. The summed E-state index contributed by atoms with van der Waals surface area (Å²) in [4.78, 5) is 11.2. The molecule has 4 aliphatic carbocycles. The van der Waals surface area contributed by atoms with Crippen molar-refractivity contribution in [2.24, 2.45) is 52.3 Å². The van der Waals surface area contributed by atoms with Gasteiger partial charge >= 0.3 is 0 Å². The average molecular weight is 375 g/mol. The van der Waals surface area contributed by atoms with Crippen LogP contribution in [0.3, 0.4) is 0 Å². The van der Waals surface area contributed by atoms with Crippen molar-refractivity contribution in [1.82, 2.24) is 0 Å². The predicted octanol–water partition coefficient (Wildman–Crippen LogP) is 5.87. The molecular weight excluding hydrogens is 332 g/mol. The molecule has 0 aliphatic heterocycles. The Morgan fingerprint density at radius 3 is 2.44 bits per heavy atom. The molecule has 0 heterocycles. The van der Waals surface area contributed by atoms with Gasteiger partial charge in [0.25, 0.3) is 0 Å². The Morgan fingerprint density at radius 2 is 1.74 bits per heavy atom. The van der Waals surface area contributed by atoms with Crippen LogP contribution >= 0.6 is 0 Å². The summed E-state index contributed by atoms with van der Waals surface area (Å²) in [6.45, 7) is 9.74. The molecule has 0 aromatic carbocycles. The van der Waals surface area contributed by atoms with Gasteiger partial charge in [0, 0.05) is 6.42 Å². The van der Waals surface area contributed by atoms with Crippen LogP contribution in [0.1, 0.15) is 91.9 Å². The van der Waals surface area contributed by atoms with Crippen molar-refractivity contribution in [2.45, 2.75) is 98.0 Å². The monoisotopic (exact) mass is 374 g/mol. The fourth-order valence-corrected chi connectivity index (χ4v) is 9.33. The summed E-state index contributed by atoms with van der Waals surface area (Å²) < 4.78 is 0. The molecule has 2 heteroatoms. The third kappa shape index (κ3) is 2.79. The Morgan fingerprint density at radius 1 is 1.00 bits per heavy atom. The first-order valence-electron chi connectivity index (χ1n) is 12.0. The van der Waals surface area contributed by atoms with Crippen LogP contribution in [0.2, 0.25) is 0 Å². The molecule has 0 radical (unpaired) electrons. The van der Waals surface area contributed by atoms with Crippen molar-refractivity contribution in [3.63, 3.8) is 0 Å². The highest BCUT2D eigenvalue weighted by Gasteiger charge is 2.64. The van der Waals surface area contributed by atoms with Gasteiger partial charge in [-0.05, 0) is 90.8 Å². The number of aldehydes is 1. The Hall–Kier alpha value is -0.370. The number of carbonyl (C=O) groups excluding carboxylic acids is 1. The van der Waals surface area contributed by atoms with Crippen LogP contribution in [0.25, 0.3) is 0 Å². The van der Waals surface area contributed by atoms with Gasteiger partial charge in [0.15, 0.2) is 0 Å². The summed E-state index contributed by atoms with van der Waals surface area (Å²) in [6, 6.07) is 0. The lowest BCUT2D eigenvalue weighted by atomic mass is 9.41. The molecule has 0 spiro atoms. The third-order valence-electron chi connectivity index (χ3n) is 10.6. The van der Waals surface area contributed by atoms with Gasteiger partial charge in [-0.3, -0.25) is 0 Å². The number of aliphatic hydroxyl groups excluding tert-OH is 1. The topological polar surface area (TPSA) is 37.3 Å². The van der Waals surface area contributed by atoms with Crippen LogP contribution < -0.4 is 0 Å². The predicted molar refractivity (Wildman–Crippen MR) is 110 cm³/mol. The Balaban J connectivity index is 1.68. The fourth-order valence-electron chi connectivity index (χ4n) is 9.33. The van der Waals surface area contributed by atoms with E-state index in [2.05, 4.69) is 27.7 Å². The summed E-state index contributed by atoms with van der Waals surface area (Å²) >= 11 is 0. The van der Waals surface area contributed by atoms with E-state index in [1.165, 1.54) is 51.4 Å². The zero-order chi connectivity index (χ0) is 19.4. The van der Waals surface area contributed by atoms with E-state index in [4.69, 9.17) is 0 Å². The molecule has 0 amide bonds. The van der Waals surface area contributed by atoms with Crippen LogP contribution in [0.5, 0.6) is 0 Å². The Kier molecular flexibility index (Phi) is 5.28. The first-order valence-corrected chi connectivity index (χ1v) is 12.0. The van der Waals surface area contributed by atoms with E-state index < -0.39 is 0 Å². The van der Waals surface area contributed by atoms with E-state index in [1.807, 2.05) is 0 Å². The minimum absolute atomic E-state index is 0.0964. The second-order valence-corrected chi connectivity index (χ2v) is 11.3. The zero-order valence-corrected chi connectivity index (χ0v) is 18.1. The van der Waals surface area contributed by atoms with Gasteiger partial charge in [-0.1, -0.05) is 47.0 Å². The number of hydrogen-bond donors (Lipinski definition) is 1. The lowest BCUT2D eigenvalue weighted by molar-refractivity contribution is -0.194. The lowest BCUT2D eigenvalue weighted by Crippen LogP contribution is -2.61. The molecule has 1 N–H and O–H groups in total. The number of rotatable bonds is 4. The normalized spacial score (nSPS) is 53.1. The van der Waals surface area contributed by atoms with E-state index in [-0.39, 0.29) is 6.10 Å². The molecule has 27 heavy (non-hydrogen) atoms. The molecule has 0 bridgehead atoms. The van der Waals surface area contributed by atoms with Gasteiger partial charge < -0.3 is 9.90 Å². The van der Waals surface area contributed by atoms with Gasteiger partial charge in [0.1, 0.15) is 6.29 Å². The average Bonchev–Trinajstić information content (AvgIpc) is 3.00. The van der Waals surface area contributed by atoms with Crippen LogP contribution in [0.4, 0.5) is 0 Å². The van der Waals surface area contributed by atoms with Crippen molar-refractivity contribution >= 4 is 6.29 Å². The summed E-state index contributed by atoms with van der Waals surface area (Å²) in [5.41, 5.74) is 0.789. The van der Waals surface area contributed by atoms with Gasteiger partial charge in [-0.25, -0.2) is 0 Å². The highest BCUT2D eigenvalue weighted by molar-refractivity contribution is 5.49. The van der Waals surface area contributed by atoms with Crippen molar-refractivity contribution < 1.29 is 9.90 Å². The quantitative estimate of drug-likeness (QED) is 0.625. The highest BCUT2D eigenvalue weighted by Crippen LogP contribution is 2.69. The van der Waals surface area contributed by atoms with Crippen molar-refractivity contribution in [3.05, 3.63) is 0 Å². The van der Waals surface area contributed by atoms with Gasteiger partial charge in [-0.15, -0.1) is 0 Å². The molecule has 0 unspecified atom stereocenters. The number of aliphatic hydroxyl groups is 1. The molecule has 4 fully saturated rings. The van der Waals surface area contributed by atoms with E-state index in [9.17, 15) is 9.90 Å². The molecule has 4 saturated carbocycles. The Bertz CT molecular complexity index is 559. The molecule has 154 valence electrons. The maximum absolute atomic E-state index is 11.7. The smallest absolute Gasteiger partial charge is 0.120 e. The van der Waals surface area contributed by atoms with Crippen LogP contribution in [0, 0.1) is 52.3 Å². The van der Waals surface area contributed by atoms with Crippen LogP contribution in [-0.4, -0.2) is 17.5 Å². The molecule has 10 atom stereocenters. The number of hydrogen-bond acceptors (Lipinski definition) is 2. The van der Waals surface area contributed by atoms with Crippen LogP contribution in [-0.2, 0) is 4.79 Å². The van der Waals surface area contributed by atoms with Gasteiger partial charge in [0.05, 0.1) is 6.10 Å². The van der Waals surface area contributed by atoms with Crippen molar-refractivity contribution in [2.75, 3.05) is 0 Å². The molecule has 0 saturated heterocycles. The second kappa shape index (κ2) is 7.15. The van der Waals surface area contributed by atoms with Gasteiger partial charge in [-0.2, -0.15) is 0 Å². The summed E-state index contributed by atoms with van der Waals surface area (Å²) in [6.07, 6.45) is 13.5. The summed E-state index contributed by atoms with van der Waals surface area (Å²) in [5, 5.41) is 11.7.